The fourth-order valence-electron chi connectivity index (χ4n) is 2.35. The monoisotopic (exact) mass is 299 g/mol. The average molecular weight is 299 g/mol. The van der Waals surface area contributed by atoms with E-state index in [1.807, 2.05) is 19.1 Å². The van der Waals surface area contributed by atoms with Gasteiger partial charge in [0.05, 0.1) is 6.61 Å². The van der Waals surface area contributed by atoms with E-state index < -0.39 is 0 Å². The van der Waals surface area contributed by atoms with Crippen LogP contribution < -0.4 is 10.1 Å². The molecule has 3 nitrogen and oxygen atoms in total. The molecule has 2 aromatic rings. The lowest BCUT2D eigenvalue weighted by molar-refractivity contribution is 0.110. The molecular weight excluding hydrogens is 274 g/mol. The Hall–Kier alpha value is -2.00. The van der Waals surface area contributed by atoms with Gasteiger partial charge in [-0.3, -0.25) is 0 Å². The minimum atomic E-state index is 0.591. The third kappa shape index (κ3) is 5.41. The first-order chi connectivity index (χ1) is 10.7. The number of rotatable bonds is 8. The lowest BCUT2D eigenvalue weighted by Gasteiger charge is -2.10. The fourth-order valence-corrected chi connectivity index (χ4v) is 2.35. The summed E-state index contributed by atoms with van der Waals surface area (Å²) in [5.41, 5.74) is 4.95. The van der Waals surface area contributed by atoms with E-state index in [9.17, 15) is 0 Å². The Morgan fingerprint density at radius 3 is 2.23 bits per heavy atom. The highest BCUT2D eigenvalue weighted by Crippen LogP contribution is 2.16. The van der Waals surface area contributed by atoms with Gasteiger partial charge in [0.15, 0.2) is 0 Å². The van der Waals surface area contributed by atoms with Crippen molar-refractivity contribution < 1.29 is 9.47 Å². The first kappa shape index (κ1) is 16.4. The van der Waals surface area contributed by atoms with Crippen molar-refractivity contribution in [3.63, 3.8) is 0 Å². The van der Waals surface area contributed by atoms with E-state index >= 15 is 0 Å². The van der Waals surface area contributed by atoms with Crippen LogP contribution >= 0.6 is 0 Å². The van der Waals surface area contributed by atoms with Crippen LogP contribution in [0.2, 0.25) is 0 Å². The second-order valence-electron chi connectivity index (χ2n) is 5.42. The number of hydrogen-bond donors (Lipinski definition) is 1. The second kappa shape index (κ2) is 8.44. The van der Waals surface area contributed by atoms with Crippen LogP contribution in [0.25, 0.3) is 0 Å². The Morgan fingerprint density at radius 2 is 1.59 bits per heavy atom. The molecule has 0 atom stereocenters. The first-order valence-corrected chi connectivity index (χ1v) is 7.79. The molecule has 2 aromatic carbocycles. The summed E-state index contributed by atoms with van der Waals surface area (Å²) in [6.45, 7) is 8.98. The van der Waals surface area contributed by atoms with Gasteiger partial charge in [0.1, 0.15) is 12.4 Å². The molecule has 1 N–H and O–H groups in total. The number of benzene rings is 2. The van der Waals surface area contributed by atoms with Crippen LogP contribution in [0.5, 0.6) is 5.75 Å². The SMILES string of the molecule is CCOCCOc1ccc(CNc2cc(C)cc(C)c2)cc1. The fraction of sp³-hybridized carbons (Fsp3) is 0.368. The highest BCUT2D eigenvalue weighted by Gasteiger charge is 1.98. The van der Waals surface area contributed by atoms with Gasteiger partial charge in [0, 0.05) is 18.8 Å². The topological polar surface area (TPSA) is 30.5 Å². The van der Waals surface area contributed by atoms with Crippen LogP contribution in [-0.4, -0.2) is 19.8 Å². The molecule has 0 aliphatic rings. The molecule has 0 amide bonds. The van der Waals surface area contributed by atoms with Crippen LogP contribution in [0.4, 0.5) is 5.69 Å². The zero-order valence-electron chi connectivity index (χ0n) is 13.7. The van der Waals surface area contributed by atoms with Crippen LogP contribution in [-0.2, 0) is 11.3 Å². The Morgan fingerprint density at radius 1 is 0.909 bits per heavy atom. The molecule has 0 unspecified atom stereocenters. The van der Waals surface area contributed by atoms with Crippen molar-refractivity contribution in [3.05, 3.63) is 59.2 Å². The van der Waals surface area contributed by atoms with Crippen molar-refractivity contribution in [1.29, 1.82) is 0 Å². The molecule has 0 saturated carbocycles. The molecular formula is C19H25NO2. The summed E-state index contributed by atoms with van der Waals surface area (Å²) in [6.07, 6.45) is 0. The number of ether oxygens (including phenoxy) is 2. The van der Waals surface area contributed by atoms with Crippen molar-refractivity contribution in [2.75, 3.05) is 25.1 Å². The Bertz CT molecular complexity index is 558. The zero-order valence-corrected chi connectivity index (χ0v) is 13.7. The van der Waals surface area contributed by atoms with E-state index in [1.165, 1.54) is 16.7 Å². The Balaban J connectivity index is 1.83. The largest absolute Gasteiger partial charge is 0.491 e. The number of hydrogen-bond acceptors (Lipinski definition) is 3. The van der Waals surface area contributed by atoms with E-state index in [1.54, 1.807) is 0 Å². The van der Waals surface area contributed by atoms with Gasteiger partial charge in [-0.2, -0.15) is 0 Å². The molecule has 0 radical (unpaired) electrons. The third-order valence-corrected chi connectivity index (χ3v) is 3.34. The van der Waals surface area contributed by atoms with Crippen molar-refractivity contribution in [2.45, 2.75) is 27.3 Å². The molecule has 3 heteroatoms. The van der Waals surface area contributed by atoms with Gasteiger partial charge in [0.25, 0.3) is 0 Å². The van der Waals surface area contributed by atoms with Gasteiger partial charge in [0.2, 0.25) is 0 Å². The lowest BCUT2D eigenvalue weighted by atomic mass is 10.1. The molecule has 22 heavy (non-hydrogen) atoms. The summed E-state index contributed by atoms with van der Waals surface area (Å²) in [7, 11) is 0. The van der Waals surface area contributed by atoms with Crippen LogP contribution in [0.15, 0.2) is 42.5 Å². The summed E-state index contributed by atoms with van der Waals surface area (Å²) in [5.74, 6) is 0.884. The first-order valence-electron chi connectivity index (χ1n) is 7.79. The second-order valence-corrected chi connectivity index (χ2v) is 5.42. The smallest absolute Gasteiger partial charge is 0.119 e. The quantitative estimate of drug-likeness (QED) is 0.736. The van der Waals surface area contributed by atoms with Gasteiger partial charge in [-0.05, 0) is 61.7 Å². The standard InChI is InChI=1S/C19H25NO2/c1-4-21-9-10-22-19-7-5-17(6-8-19)14-20-18-12-15(2)11-16(3)13-18/h5-8,11-13,20H,4,9-10,14H2,1-3H3. The summed E-state index contributed by atoms with van der Waals surface area (Å²) < 4.78 is 10.9. The number of anilines is 1. The maximum Gasteiger partial charge on any atom is 0.119 e. The third-order valence-electron chi connectivity index (χ3n) is 3.34. The van der Waals surface area contributed by atoms with E-state index in [-0.39, 0.29) is 0 Å². The molecule has 0 saturated heterocycles. The molecule has 0 aliphatic heterocycles. The normalized spacial score (nSPS) is 10.5. The van der Waals surface area contributed by atoms with Gasteiger partial charge in [-0.15, -0.1) is 0 Å². The molecule has 0 bridgehead atoms. The maximum absolute atomic E-state index is 5.61. The van der Waals surface area contributed by atoms with Crippen LogP contribution in [0, 0.1) is 13.8 Å². The Kier molecular flexibility index (Phi) is 6.28. The highest BCUT2D eigenvalue weighted by molar-refractivity contribution is 5.48. The molecule has 0 fully saturated rings. The molecule has 0 aliphatic carbocycles. The maximum atomic E-state index is 5.61. The predicted octanol–water partition coefficient (Wildman–Crippen LogP) is 4.33. The highest BCUT2D eigenvalue weighted by atomic mass is 16.5. The van der Waals surface area contributed by atoms with E-state index in [4.69, 9.17) is 9.47 Å². The van der Waals surface area contributed by atoms with Crippen LogP contribution in [0.1, 0.15) is 23.6 Å². The van der Waals surface area contributed by atoms with Gasteiger partial charge >= 0.3 is 0 Å². The lowest BCUT2D eigenvalue weighted by Crippen LogP contribution is -2.06. The molecule has 0 spiro atoms. The van der Waals surface area contributed by atoms with Crippen molar-refractivity contribution in [3.8, 4) is 5.75 Å². The summed E-state index contributed by atoms with van der Waals surface area (Å²) in [4.78, 5) is 0. The van der Waals surface area contributed by atoms with E-state index in [2.05, 4.69) is 49.5 Å². The van der Waals surface area contributed by atoms with Crippen molar-refractivity contribution >= 4 is 5.69 Å². The van der Waals surface area contributed by atoms with Crippen LogP contribution in [0.3, 0.4) is 0 Å². The predicted molar refractivity (Wildman–Crippen MR) is 91.7 cm³/mol. The number of aryl methyl sites for hydroxylation is 2. The van der Waals surface area contributed by atoms with Crippen molar-refractivity contribution in [1.82, 2.24) is 0 Å². The van der Waals surface area contributed by atoms with Gasteiger partial charge in [-0.1, -0.05) is 18.2 Å². The molecule has 0 heterocycles. The van der Waals surface area contributed by atoms with E-state index in [0.29, 0.717) is 13.2 Å². The summed E-state index contributed by atoms with van der Waals surface area (Å²) in [5, 5.41) is 3.46. The summed E-state index contributed by atoms with van der Waals surface area (Å²) in [6, 6.07) is 14.7. The zero-order chi connectivity index (χ0) is 15.8. The molecule has 0 aromatic heterocycles. The number of nitrogens with one attached hydrogen (secondary N) is 1. The summed E-state index contributed by atoms with van der Waals surface area (Å²) >= 11 is 0. The average Bonchev–Trinajstić information content (AvgIpc) is 2.50. The molecule has 118 valence electrons. The minimum Gasteiger partial charge on any atom is -0.491 e. The minimum absolute atomic E-state index is 0.591. The van der Waals surface area contributed by atoms with Gasteiger partial charge < -0.3 is 14.8 Å². The van der Waals surface area contributed by atoms with E-state index in [0.717, 1.165) is 24.6 Å². The molecule has 2 rings (SSSR count). The van der Waals surface area contributed by atoms with Crippen molar-refractivity contribution in [2.24, 2.45) is 0 Å². The Labute approximate surface area is 133 Å². The van der Waals surface area contributed by atoms with Gasteiger partial charge in [-0.25, -0.2) is 0 Å².